The van der Waals surface area contributed by atoms with Gasteiger partial charge in [-0.25, -0.2) is 0 Å². The third kappa shape index (κ3) is 1.45. The third-order valence-corrected chi connectivity index (χ3v) is 3.38. The summed E-state index contributed by atoms with van der Waals surface area (Å²) in [6, 6.07) is 2.74. The Labute approximate surface area is 89.3 Å². The molecule has 1 N–H and O–H groups in total. The van der Waals surface area contributed by atoms with Crippen molar-refractivity contribution < 1.29 is 4.74 Å². The van der Waals surface area contributed by atoms with Gasteiger partial charge in [-0.2, -0.15) is 0 Å². The summed E-state index contributed by atoms with van der Waals surface area (Å²) in [7, 11) is 1.68. The molecule has 2 aliphatic rings. The van der Waals surface area contributed by atoms with Crippen molar-refractivity contribution in [3.63, 3.8) is 0 Å². The molecule has 2 fully saturated rings. The number of ether oxygens (including phenoxy) is 1. The van der Waals surface area contributed by atoms with E-state index in [9.17, 15) is 0 Å². The lowest BCUT2D eigenvalue weighted by Gasteiger charge is -2.29. The van der Waals surface area contributed by atoms with E-state index in [4.69, 9.17) is 4.74 Å². The summed E-state index contributed by atoms with van der Waals surface area (Å²) in [6.07, 6.45) is 3.65. The van der Waals surface area contributed by atoms with Gasteiger partial charge in [-0.05, 0) is 0 Å². The molecule has 0 saturated carbocycles. The van der Waals surface area contributed by atoms with Crippen molar-refractivity contribution in [2.45, 2.75) is 6.04 Å². The fraction of sp³-hybridized carbons (Fsp3) is 0.545. The third-order valence-electron chi connectivity index (χ3n) is 3.38. The van der Waals surface area contributed by atoms with E-state index in [2.05, 4.69) is 21.3 Å². The molecule has 0 aliphatic carbocycles. The molecule has 0 bridgehead atoms. The van der Waals surface area contributed by atoms with E-state index in [-0.39, 0.29) is 0 Å². The molecule has 80 valence electrons. The van der Waals surface area contributed by atoms with Gasteiger partial charge in [0.2, 0.25) is 0 Å². The molecule has 3 rings (SSSR count). The predicted octanol–water partition coefficient (Wildman–Crippen LogP) is 0.498. The van der Waals surface area contributed by atoms with Crippen molar-refractivity contribution in [1.29, 1.82) is 0 Å². The van der Waals surface area contributed by atoms with E-state index in [1.54, 1.807) is 13.3 Å². The number of hydrogen-bond acceptors (Lipinski definition) is 4. The van der Waals surface area contributed by atoms with E-state index in [1.165, 1.54) is 12.2 Å². The second kappa shape index (κ2) is 3.38. The summed E-state index contributed by atoms with van der Waals surface area (Å²) in [6.45, 7) is 3.41. The molecular formula is C11H15N3O. The van der Waals surface area contributed by atoms with Gasteiger partial charge in [0.1, 0.15) is 5.75 Å². The lowest BCUT2D eigenvalue weighted by atomic mass is 9.96. The Bertz CT molecular complexity index is 357. The van der Waals surface area contributed by atoms with Gasteiger partial charge < -0.3 is 15.0 Å². The normalized spacial score (nSPS) is 28.5. The van der Waals surface area contributed by atoms with Crippen LogP contribution in [0.3, 0.4) is 0 Å². The van der Waals surface area contributed by atoms with Gasteiger partial charge in [0.25, 0.3) is 0 Å². The quantitative estimate of drug-likeness (QED) is 0.763. The highest BCUT2D eigenvalue weighted by molar-refractivity contribution is 5.50. The summed E-state index contributed by atoms with van der Waals surface area (Å²) in [5, 5.41) is 3.44. The summed E-state index contributed by atoms with van der Waals surface area (Å²) < 4.78 is 5.18. The topological polar surface area (TPSA) is 37.4 Å². The number of hydrogen-bond donors (Lipinski definition) is 1. The van der Waals surface area contributed by atoms with Gasteiger partial charge in [0.05, 0.1) is 25.2 Å². The molecule has 15 heavy (non-hydrogen) atoms. The maximum absolute atomic E-state index is 5.18. The van der Waals surface area contributed by atoms with Crippen LogP contribution in [-0.4, -0.2) is 37.8 Å². The lowest BCUT2D eigenvalue weighted by molar-refractivity contribution is 0.297. The van der Waals surface area contributed by atoms with Crippen LogP contribution in [0.2, 0.25) is 0 Å². The van der Waals surface area contributed by atoms with Crippen LogP contribution in [0, 0.1) is 5.92 Å². The number of nitrogens with one attached hydrogen (secondary N) is 1. The Morgan fingerprint density at radius 3 is 3.00 bits per heavy atom. The highest BCUT2D eigenvalue weighted by atomic mass is 16.5. The van der Waals surface area contributed by atoms with E-state index >= 15 is 0 Å². The number of methoxy groups -OCH3 is 1. The number of pyridine rings is 1. The number of fused-ring (bicyclic) bond motifs is 1. The monoisotopic (exact) mass is 205 g/mol. The Balaban J connectivity index is 1.80. The number of nitrogens with zero attached hydrogens (tertiary/aromatic N) is 2. The van der Waals surface area contributed by atoms with Crippen molar-refractivity contribution >= 4 is 5.69 Å². The smallest absolute Gasteiger partial charge is 0.139 e. The van der Waals surface area contributed by atoms with Gasteiger partial charge in [-0.3, -0.25) is 4.98 Å². The molecule has 2 saturated heterocycles. The van der Waals surface area contributed by atoms with E-state index in [1.807, 2.05) is 6.20 Å². The fourth-order valence-corrected chi connectivity index (χ4v) is 2.35. The maximum atomic E-state index is 5.18. The zero-order valence-electron chi connectivity index (χ0n) is 8.81. The molecule has 0 aromatic carbocycles. The van der Waals surface area contributed by atoms with Crippen LogP contribution in [-0.2, 0) is 0 Å². The second-order valence-corrected chi connectivity index (χ2v) is 4.26. The van der Waals surface area contributed by atoms with Crippen molar-refractivity contribution in [2.75, 3.05) is 31.6 Å². The van der Waals surface area contributed by atoms with E-state index in [0.717, 1.165) is 24.8 Å². The van der Waals surface area contributed by atoms with E-state index in [0.29, 0.717) is 6.04 Å². The minimum atomic E-state index is 0.691. The van der Waals surface area contributed by atoms with Crippen molar-refractivity contribution in [3.8, 4) is 5.75 Å². The molecule has 1 aromatic heterocycles. The maximum Gasteiger partial charge on any atom is 0.139 e. The van der Waals surface area contributed by atoms with Gasteiger partial charge in [-0.1, -0.05) is 0 Å². The van der Waals surface area contributed by atoms with Crippen molar-refractivity contribution in [3.05, 3.63) is 18.5 Å². The van der Waals surface area contributed by atoms with Crippen LogP contribution in [0.4, 0.5) is 5.69 Å². The first-order valence-corrected chi connectivity index (χ1v) is 5.34. The van der Waals surface area contributed by atoms with Crippen LogP contribution in [0.5, 0.6) is 5.75 Å². The minimum absolute atomic E-state index is 0.691. The number of rotatable bonds is 2. The molecule has 0 radical (unpaired) electrons. The minimum Gasteiger partial charge on any atom is -0.495 e. The van der Waals surface area contributed by atoms with Crippen LogP contribution in [0.15, 0.2) is 18.5 Å². The van der Waals surface area contributed by atoms with Gasteiger partial charge in [0.15, 0.2) is 0 Å². The summed E-state index contributed by atoms with van der Waals surface area (Å²) in [5.74, 6) is 1.66. The van der Waals surface area contributed by atoms with Crippen LogP contribution in [0.1, 0.15) is 0 Å². The molecule has 0 spiro atoms. The number of aromatic nitrogens is 1. The Morgan fingerprint density at radius 1 is 1.47 bits per heavy atom. The summed E-state index contributed by atoms with van der Waals surface area (Å²) in [5.41, 5.74) is 1.17. The summed E-state index contributed by atoms with van der Waals surface area (Å²) >= 11 is 0. The van der Waals surface area contributed by atoms with Crippen molar-refractivity contribution in [1.82, 2.24) is 10.3 Å². The fourth-order valence-electron chi connectivity index (χ4n) is 2.35. The first kappa shape index (κ1) is 8.97. The molecule has 0 amide bonds. The molecule has 2 aliphatic heterocycles. The zero-order chi connectivity index (χ0) is 10.3. The zero-order valence-corrected chi connectivity index (χ0v) is 8.81. The van der Waals surface area contributed by atoms with Gasteiger partial charge >= 0.3 is 0 Å². The van der Waals surface area contributed by atoms with Crippen LogP contribution >= 0.6 is 0 Å². The second-order valence-electron chi connectivity index (χ2n) is 4.26. The van der Waals surface area contributed by atoms with Gasteiger partial charge in [-0.15, -0.1) is 0 Å². The van der Waals surface area contributed by atoms with Gasteiger partial charge in [0, 0.05) is 37.7 Å². The summed E-state index contributed by atoms with van der Waals surface area (Å²) in [4.78, 5) is 6.56. The highest BCUT2D eigenvalue weighted by Gasteiger charge is 2.39. The van der Waals surface area contributed by atoms with E-state index < -0.39 is 0 Å². The highest BCUT2D eigenvalue weighted by Crippen LogP contribution is 2.29. The first-order chi connectivity index (χ1) is 7.36. The van der Waals surface area contributed by atoms with Crippen molar-refractivity contribution in [2.24, 2.45) is 5.92 Å². The Morgan fingerprint density at radius 2 is 2.40 bits per heavy atom. The standard InChI is InChI=1S/C11H15N3O/c1-15-10-2-9(4-12-5-10)14-6-8-3-13-11(8)7-14/h2,4-5,8,11,13H,3,6-7H2,1H3/t8-,11+/m1/s1. The predicted molar refractivity (Wildman–Crippen MR) is 58.3 cm³/mol. The first-order valence-electron chi connectivity index (χ1n) is 5.34. The number of anilines is 1. The molecular weight excluding hydrogens is 190 g/mol. The van der Waals surface area contributed by atoms with Crippen LogP contribution in [0.25, 0.3) is 0 Å². The molecule has 3 heterocycles. The Hall–Kier alpha value is -1.29. The molecule has 4 heteroatoms. The Kier molecular flexibility index (Phi) is 2.02. The molecule has 0 unspecified atom stereocenters. The van der Waals surface area contributed by atoms with Crippen LogP contribution < -0.4 is 15.0 Å². The molecule has 4 nitrogen and oxygen atoms in total. The lowest BCUT2D eigenvalue weighted by Crippen LogP contribution is -2.51. The SMILES string of the molecule is COc1cncc(N2C[C@H]3CN[C@H]3C2)c1. The molecule has 1 aromatic rings. The average Bonchev–Trinajstić information content (AvgIpc) is 2.55. The average molecular weight is 205 g/mol. The molecule has 2 atom stereocenters. The largest absolute Gasteiger partial charge is 0.495 e.